The first-order valence-corrected chi connectivity index (χ1v) is 19.2. The maximum Gasteiger partial charge on any atom is 0.160 e. The highest BCUT2D eigenvalue weighted by Gasteiger charge is 2.16. The minimum Gasteiger partial charge on any atom is -0.292 e. The van der Waals surface area contributed by atoms with Crippen LogP contribution in [0.1, 0.15) is 0 Å². The Kier molecular flexibility index (Phi) is 8.82. The molecule has 0 aliphatic carbocycles. The SMILES string of the molecule is c1ccc(-c2ccc(-c3cccc(-c4cc(-c5ccccc5)nc(-c5cccc(-c6ccc(-c7nc8ccccc8n7-c7ccccc7)cc6)c5)n4)c3)cc2)cc1. The van der Waals surface area contributed by atoms with Crippen LogP contribution in [0, 0.1) is 0 Å². The molecule has 0 bridgehead atoms. The highest BCUT2D eigenvalue weighted by Crippen LogP contribution is 2.34. The predicted octanol–water partition coefficient (Wildman–Crippen LogP) is 13.5. The van der Waals surface area contributed by atoms with Gasteiger partial charge in [-0.3, -0.25) is 4.57 Å². The fourth-order valence-corrected chi connectivity index (χ4v) is 7.53. The number of hydrogen-bond acceptors (Lipinski definition) is 3. The van der Waals surface area contributed by atoms with Crippen LogP contribution in [0.25, 0.3) is 95.4 Å². The zero-order chi connectivity index (χ0) is 38.0. The van der Waals surface area contributed by atoms with E-state index in [1.807, 2.05) is 24.3 Å². The number of para-hydroxylation sites is 3. The number of hydrogen-bond donors (Lipinski definition) is 0. The van der Waals surface area contributed by atoms with Crippen LogP contribution in [0.15, 0.2) is 218 Å². The van der Waals surface area contributed by atoms with Gasteiger partial charge in [0.15, 0.2) is 5.82 Å². The van der Waals surface area contributed by atoms with E-state index in [4.69, 9.17) is 15.0 Å². The van der Waals surface area contributed by atoms with Gasteiger partial charge >= 0.3 is 0 Å². The number of nitrogens with zero attached hydrogens (tertiary/aromatic N) is 4. The predicted molar refractivity (Wildman–Crippen MR) is 235 cm³/mol. The first-order valence-electron chi connectivity index (χ1n) is 19.2. The van der Waals surface area contributed by atoms with Crippen LogP contribution in [0.2, 0.25) is 0 Å². The Balaban J connectivity index is 1.00. The van der Waals surface area contributed by atoms with Crippen molar-refractivity contribution in [1.82, 2.24) is 19.5 Å². The molecule has 2 aromatic heterocycles. The van der Waals surface area contributed by atoms with E-state index in [1.54, 1.807) is 0 Å². The molecule has 10 aromatic rings. The normalized spacial score (nSPS) is 11.2. The Hall–Kier alpha value is -7.69. The summed E-state index contributed by atoms with van der Waals surface area (Å²) in [6.45, 7) is 0. The average Bonchev–Trinajstić information content (AvgIpc) is 3.70. The maximum atomic E-state index is 5.21. The third kappa shape index (κ3) is 6.81. The van der Waals surface area contributed by atoms with Gasteiger partial charge in [-0.1, -0.05) is 176 Å². The average molecular weight is 729 g/mol. The van der Waals surface area contributed by atoms with Crippen LogP contribution >= 0.6 is 0 Å². The molecule has 8 aromatic carbocycles. The molecule has 0 N–H and O–H groups in total. The lowest BCUT2D eigenvalue weighted by atomic mass is 9.98. The largest absolute Gasteiger partial charge is 0.292 e. The van der Waals surface area contributed by atoms with Crippen LogP contribution in [0.4, 0.5) is 0 Å². The van der Waals surface area contributed by atoms with Crippen molar-refractivity contribution in [2.24, 2.45) is 0 Å². The molecule has 4 heteroatoms. The number of aromatic nitrogens is 4. The molecule has 0 saturated heterocycles. The molecule has 57 heavy (non-hydrogen) atoms. The Morgan fingerprint density at radius 2 is 0.719 bits per heavy atom. The molecule has 0 saturated carbocycles. The van der Waals surface area contributed by atoms with E-state index in [9.17, 15) is 0 Å². The molecule has 0 amide bonds. The van der Waals surface area contributed by atoms with Crippen LogP contribution in [-0.4, -0.2) is 19.5 Å². The molecule has 0 aliphatic heterocycles. The van der Waals surface area contributed by atoms with E-state index in [-0.39, 0.29) is 0 Å². The summed E-state index contributed by atoms with van der Waals surface area (Å²) in [4.78, 5) is 15.4. The highest BCUT2D eigenvalue weighted by molar-refractivity contribution is 5.84. The topological polar surface area (TPSA) is 43.6 Å². The van der Waals surface area contributed by atoms with Crippen molar-refractivity contribution in [1.29, 1.82) is 0 Å². The van der Waals surface area contributed by atoms with Crippen molar-refractivity contribution in [3.63, 3.8) is 0 Å². The van der Waals surface area contributed by atoms with E-state index >= 15 is 0 Å². The van der Waals surface area contributed by atoms with Crippen molar-refractivity contribution >= 4 is 11.0 Å². The summed E-state index contributed by atoms with van der Waals surface area (Å²) in [5, 5.41) is 0. The van der Waals surface area contributed by atoms with Gasteiger partial charge in [0.1, 0.15) is 5.82 Å². The van der Waals surface area contributed by atoms with Gasteiger partial charge in [0.2, 0.25) is 0 Å². The number of benzene rings is 8. The molecule has 2 heterocycles. The summed E-state index contributed by atoms with van der Waals surface area (Å²) < 4.78 is 2.23. The van der Waals surface area contributed by atoms with E-state index in [0.717, 1.165) is 78.4 Å². The molecule has 0 spiro atoms. The van der Waals surface area contributed by atoms with Crippen molar-refractivity contribution in [2.75, 3.05) is 0 Å². The minimum absolute atomic E-state index is 0.680. The van der Waals surface area contributed by atoms with Gasteiger partial charge in [-0.25, -0.2) is 15.0 Å². The van der Waals surface area contributed by atoms with Gasteiger partial charge in [0.05, 0.1) is 22.4 Å². The number of fused-ring (bicyclic) bond motifs is 1. The van der Waals surface area contributed by atoms with Gasteiger partial charge in [0, 0.05) is 27.9 Å². The van der Waals surface area contributed by atoms with E-state index < -0.39 is 0 Å². The smallest absolute Gasteiger partial charge is 0.160 e. The van der Waals surface area contributed by atoms with E-state index in [1.165, 1.54) is 11.1 Å². The lowest BCUT2D eigenvalue weighted by Crippen LogP contribution is -1.97. The second kappa shape index (κ2) is 14.9. The second-order valence-electron chi connectivity index (χ2n) is 14.1. The summed E-state index contributed by atoms with van der Waals surface area (Å²) in [5.74, 6) is 1.59. The number of rotatable bonds is 8. The summed E-state index contributed by atoms with van der Waals surface area (Å²) in [6, 6.07) is 76.2. The molecule has 0 unspecified atom stereocenters. The lowest BCUT2D eigenvalue weighted by Gasteiger charge is -2.12. The molecule has 268 valence electrons. The highest BCUT2D eigenvalue weighted by atomic mass is 15.1. The van der Waals surface area contributed by atoms with Gasteiger partial charge in [-0.2, -0.15) is 0 Å². The molecular formula is C53H36N4. The van der Waals surface area contributed by atoms with E-state index in [2.05, 4.69) is 199 Å². The summed E-state index contributed by atoms with van der Waals surface area (Å²) in [7, 11) is 0. The maximum absolute atomic E-state index is 5.21. The first kappa shape index (κ1) is 33.8. The van der Waals surface area contributed by atoms with E-state index in [0.29, 0.717) is 5.82 Å². The molecule has 0 radical (unpaired) electrons. The van der Waals surface area contributed by atoms with Gasteiger partial charge in [0.25, 0.3) is 0 Å². The Labute approximate surface area is 332 Å². The summed E-state index contributed by atoms with van der Waals surface area (Å²) in [5.41, 5.74) is 15.9. The molecule has 0 aliphatic rings. The van der Waals surface area contributed by atoms with Crippen molar-refractivity contribution in [2.45, 2.75) is 0 Å². The zero-order valence-electron chi connectivity index (χ0n) is 31.1. The van der Waals surface area contributed by atoms with Crippen molar-refractivity contribution in [3.8, 4) is 84.4 Å². The molecule has 0 fully saturated rings. The Bertz CT molecular complexity index is 2970. The molecule has 4 nitrogen and oxygen atoms in total. The fraction of sp³-hybridized carbons (Fsp3) is 0. The first-order chi connectivity index (χ1) is 28.2. The summed E-state index contributed by atoms with van der Waals surface area (Å²) >= 11 is 0. The van der Waals surface area contributed by atoms with Gasteiger partial charge in [-0.15, -0.1) is 0 Å². The van der Waals surface area contributed by atoms with Crippen molar-refractivity contribution < 1.29 is 0 Å². The Morgan fingerprint density at radius 1 is 0.281 bits per heavy atom. The van der Waals surface area contributed by atoms with Crippen LogP contribution in [-0.2, 0) is 0 Å². The third-order valence-corrected chi connectivity index (χ3v) is 10.5. The minimum atomic E-state index is 0.680. The van der Waals surface area contributed by atoms with Crippen LogP contribution < -0.4 is 0 Å². The number of imidazole rings is 1. The monoisotopic (exact) mass is 728 g/mol. The standard InChI is InChI=1S/C53H36N4/c1-4-14-37(15-5-1)38-26-28-39(29-27-38)43-18-12-20-45(34-43)50-36-49(41-16-6-2-7-17-41)54-52(55-50)46-21-13-19-44(35-46)40-30-32-42(33-31-40)53-56-48-24-10-11-25-51(48)57(53)47-22-8-3-9-23-47/h1-36H. The molecule has 0 atom stereocenters. The fourth-order valence-electron chi connectivity index (χ4n) is 7.53. The summed E-state index contributed by atoms with van der Waals surface area (Å²) in [6.07, 6.45) is 0. The van der Waals surface area contributed by atoms with Crippen LogP contribution in [0.3, 0.4) is 0 Å². The van der Waals surface area contributed by atoms with Crippen LogP contribution in [0.5, 0.6) is 0 Å². The lowest BCUT2D eigenvalue weighted by molar-refractivity contribution is 1.10. The van der Waals surface area contributed by atoms with Gasteiger partial charge in [-0.05, 0) is 75.8 Å². The van der Waals surface area contributed by atoms with Crippen molar-refractivity contribution in [3.05, 3.63) is 218 Å². The second-order valence-corrected chi connectivity index (χ2v) is 14.1. The van der Waals surface area contributed by atoms with Gasteiger partial charge < -0.3 is 0 Å². The zero-order valence-corrected chi connectivity index (χ0v) is 31.1. The molecular weight excluding hydrogens is 693 g/mol. The molecule has 10 rings (SSSR count). The quantitative estimate of drug-likeness (QED) is 0.156. The third-order valence-electron chi connectivity index (χ3n) is 10.5. The Morgan fingerprint density at radius 3 is 1.37 bits per heavy atom.